The van der Waals surface area contributed by atoms with Crippen molar-refractivity contribution in [3.63, 3.8) is 0 Å². The molecule has 0 amide bonds. The predicted molar refractivity (Wildman–Crippen MR) is 421 cm³/mol. The summed E-state index contributed by atoms with van der Waals surface area (Å²) in [6.45, 7) is 0. The molecule has 24 unspecified atom stereocenters. The van der Waals surface area contributed by atoms with Gasteiger partial charge in [-0.25, -0.2) is 0 Å². The van der Waals surface area contributed by atoms with Crippen molar-refractivity contribution in [2.75, 3.05) is 0 Å². The highest BCUT2D eigenvalue weighted by molar-refractivity contribution is 5.15. The summed E-state index contributed by atoms with van der Waals surface area (Å²) in [7, 11) is 0. The molecule has 20 fully saturated rings. The highest BCUT2D eigenvalue weighted by atomic mass is 15.3. The summed E-state index contributed by atoms with van der Waals surface area (Å²) >= 11 is 0. The first-order chi connectivity index (χ1) is 50.2. The van der Waals surface area contributed by atoms with Crippen molar-refractivity contribution in [3.05, 3.63) is 0 Å². The third-order valence-corrected chi connectivity index (χ3v) is 40.5. The van der Waals surface area contributed by atoms with E-state index in [4.69, 9.17) is 0 Å². The molecule has 24 atom stereocenters. The number of fused-ring (bicyclic) bond motifs is 20. The molecule has 0 aromatic heterocycles. The molecule has 4 aliphatic heterocycles. The van der Waals surface area contributed by atoms with E-state index in [1.54, 1.807) is 411 Å². The molecule has 0 radical (unpaired) electrons. The Morgan fingerprint density at radius 1 is 0.119 bits per heavy atom. The van der Waals surface area contributed by atoms with Gasteiger partial charge in [-0.15, -0.1) is 0 Å². The molecule has 0 spiro atoms. The maximum absolute atomic E-state index is 3.60. The number of likely N-dealkylation sites (tertiary alicyclic amines) is 4. The molecule has 568 valence electrons. The monoisotopic (exact) mass is 1380 g/mol. The van der Waals surface area contributed by atoms with Crippen molar-refractivity contribution in [1.29, 1.82) is 0 Å². The van der Waals surface area contributed by atoms with Crippen molar-refractivity contribution in [2.24, 2.45) is 124 Å². The van der Waals surface area contributed by atoms with E-state index >= 15 is 0 Å². The first-order valence-corrected chi connectivity index (χ1v) is 49.2. The van der Waals surface area contributed by atoms with Gasteiger partial charge in [0.1, 0.15) is 0 Å². The smallest absolute Gasteiger partial charge is 0.0132 e. The minimum Gasteiger partial charge on any atom is -0.294 e. The molecule has 20 aliphatic rings. The number of hydrogen-bond acceptors (Lipinski definition) is 4. The molecule has 16 saturated carbocycles. The molecule has 4 nitrogen and oxygen atoms in total. The highest BCUT2D eigenvalue weighted by Gasteiger charge is 2.63. The van der Waals surface area contributed by atoms with E-state index in [0.717, 1.165) is 191 Å². The van der Waals surface area contributed by atoms with Gasteiger partial charge in [0, 0.05) is 72.5 Å². The zero-order valence-electron chi connectivity index (χ0n) is 66.0. The SMILES string of the molecule is C1CCC2C(C1)C1CCCCC1N(C1CCC(C(C3CCC(N4C5CCCCC5C5CCCCC5C5CCCCC54)CC3)(C3CCC(N4C5CCCCC5C5CCCCC5C5CCCCC54)CC3)C3CCC(N4C5CCCCC5C5CCCCC5C5CCCCC54)CC3)CC1)C1CCCCC21. The average Bonchev–Trinajstić information content (AvgIpc) is 1.10. The van der Waals surface area contributed by atoms with Crippen LogP contribution in [0.15, 0.2) is 0 Å². The van der Waals surface area contributed by atoms with Crippen LogP contribution in [0.25, 0.3) is 0 Å². The topological polar surface area (TPSA) is 13.0 Å². The van der Waals surface area contributed by atoms with Crippen LogP contribution in [0.2, 0.25) is 0 Å². The van der Waals surface area contributed by atoms with Gasteiger partial charge in [0.25, 0.3) is 0 Å². The number of rotatable bonds is 8. The third kappa shape index (κ3) is 12.6. The zero-order chi connectivity index (χ0) is 66.5. The summed E-state index contributed by atoms with van der Waals surface area (Å²) < 4.78 is 0. The van der Waals surface area contributed by atoms with E-state index in [9.17, 15) is 0 Å². The molecule has 16 aliphatic carbocycles. The minimum atomic E-state index is 0.553. The minimum absolute atomic E-state index is 0.553. The zero-order valence-corrected chi connectivity index (χ0v) is 66.0. The number of nitrogens with zero attached hydrogens (tertiary/aromatic N) is 4. The van der Waals surface area contributed by atoms with Crippen LogP contribution in [0.5, 0.6) is 0 Å². The van der Waals surface area contributed by atoms with Crippen LogP contribution in [0.1, 0.15) is 411 Å². The van der Waals surface area contributed by atoms with Crippen molar-refractivity contribution < 1.29 is 0 Å². The Labute approximate surface area is 623 Å². The lowest BCUT2D eigenvalue weighted by molar-refractivity contribution is -0.137. The summed E-state index contributed by atoms with van der Waals surface area (Å²) in [6, 6.07) is 11.0. The molecule has 0 bridgehead atoms. The lowest BCUT2D eigenvalue weighted by Crippen LogP contribution is -2.60. The predicted octanol–water partition coefficient (Wildman–Crippen LogP) is 25.2. The van der Waals surface area contributed by atoms with Crippen molar-refractivity contribution in [1.82, 2.24) is 19.6 Å². The van der Waals surface area contributed by atoms with Gasteiger partial charge >= 0.3 is 0 Å². The first kappa shape index (κ1) is 70.0. The van der Waals surface area contributed by atoms with Gasteiger partial charge in [0.05, 0.1) is 0 Å². The maximum atomic E-state index is 3.60. The fourth-order valence-corrected chi connectivity index (χ4v) is 37.7. The molecule has 4 heterocycles. The van der Waals surface area contributed by atoms with Gasteiger partial charge in [-0.05, 0) is 381 Å². The molecular formula is C97H160N4. The van der Waals surface area contributed by atoms with E-state index in [0.29, 0.717) is 5.41 Å². The van der Waals surface area contributed by atoms with E-state index < -0.39 is 0 Å². The average molecular weight is 1380 g/mol. The lowest BCUT2D eigenvalue weighted by atomic mass is 9.44. The highest BCUT2D eigenvalue weighted by Crippen LogP contribution is 2.68. The van der Waals surface area contributed by atoms with Crippen LogP contribution in [-0.4, -0.2) is 92.1 Å². The third-order valence-electron chi connectivity index (χ3n) is 40.5. The van der Waals surface area contributed by atoms with E-state index in [-0.39, 0.29) is 0 Å². The second-order valence-corrected chi connectivity index (χ2v) is 43.4. The molecule has 0 N–H and O–H groups in total. The van der Waals surface area contributed by atoms with Gasteiger partial charge in [0.2, 0.25) is 0 Å². The van der Waals surface area contributed by atoms with Crippen LogP contribution in [0.3, 0.4) is 0 Å². The Kier molecular flexibility index (Phi) is 21.4. The molecule has 101 heavy (non-hydrogen) atoms. The van der Waals surface area contributed by atoms with Gasteiger partial charge in [-0.1, -0.05) is 154 Å². The summed E-state index contributed by atoms with van der Waals surface area (Å²) in [5.41, 5.74) is 0.553. The fourth-order valence-electron chi connectivity index (χ4n) is 37.7. The normalized spacial score (nSPS) is 52.5. The second-order valence-electron chi connectivity index (χ2n) is 43.4. The van der Waals surface area contributed by atoms with Crippen molar-refractivity contribution in [2.45, 2.75) is 483 Å². The summed E-state index contributed by atoms with van der Waals surface area (Å²) in [5, 5.41) is 0. The molecule has 4 saturated heterocycles. The van der Waals surface area contributed by atoms with Crippen molar-refractivity contribution in [3.8, 4) is 0 Å². The van der Waals surface area contributed by atoms with Crippen molar-refractivity contribution >= 4 is 0 Å². The fraction of sp³-hybridized carbons (Fsp3) is 1.00. The number of hydrogen-bond donors (Lipinski definition) is 0. The van der Waals surface area contributed by atoms with Gasteiger partial charge < -0.3 is 0 Å². The summed E-state index contributed by atoms with van der Waals surface area (Å²) in [5.74, 6) is 20.7. The standard InChI is InChI=1S/C97H160N4/c1-2-26-74-73(25-1)81-33-9-17-41-89(81)98(90-42-18-10-34-82(74)90)69-57-49-65(50-58-69)97(66-51-59-70(60-52-66)99-91-43-19-11-35-83(91)75-27-3-4-28-76(75)84-36-12-20-44-92(84)99,67-53-61-71(62-54-67)100-93-45-21-13-37-85(93)77-29-5-6-30-78(77)86-38-14-22-46-94(86)100)68-55-63-72(64-56-68)101-95-47-23-15-39-87(95)79-31-7-8-32-80(79)88-40-16-24-48-96(88)101/h65-96H,1-64H2. The van der Waals surface area contributed by atoms with E-state index in [1.165, 1.54) is 0 Å². The van der Waals surface area contributed by atoms with Gasteiger partial charge in [-0.2, -0.15) is 0 Å². The van der Waals surface area contributed by atoms with Crippen LogP contribution < -0.4 is 0 Å². The molecule has 0 aromatic rings. The Morgan fingerprint density at radius 3 is 0.376 bits per heavy atom. The van der Waals surface area contributed by atoms with Gasteiger partial charge in [-0.3, -0.25) is 19.6 Å². The van der Waals surface area contributed by atoms with E-state index in [1.807, 2.05) is 0 Å². The van der Waals surface area contributed by atoms with Crippen LogP contribution in [-0.2, 0) is 0 Å². The first-order valence-electron chi connectivity index (χ1n) is 49.2. The Balaban J connectivity index is 0.665. The summed E-state index contributed by atoms with van der Waals surface area (Å²) in [4.78, 5) is 14.4. The van der Waals surface area contributed by atoms with Gasteiger partial charge in [0.15, 0.2) is 0 Å². The molecule has 4 heteroatoms. The molecule has 0 aromatic carbocycles. The Bertz CT molecular complexity index is 2170. The largest absolute Gasteiger partial charge is 0.294 e. The lowest BCUT2D eigenvalue weighted by Gasteiger charge is -2.63. The Morgan fingerprint density at radius 2 is 0.238 bits per heavy atom. The molecule has 20 rings (SSSR count). The van der Waals surface area contributed by atoms with Crippen LogP contribution in [0, 0.1) is 124 Å². The quantitative estimate of drug-likeness (QED) is 0.240. The van der Waals surface area contributed by atoms with Crippen LogP contribution in [0.4, 0.5) is 0 Å². The van der Waals surface area contributed by atoms with Crippen LogP contribution >= 0.6 is 0 Å². The maximum Gasteiger partial charge on any atom is 0.0132 e. The second kappa shape index (κ2) is 30.8. The molecular weight excluding hydrogens is 1220 g/mol. The Hall–Kier alpha value is -0.160. The van der Waals surface area contributed by atoms with E-state index in [2.05, 4.69) is 19.6 Å². The summed E-state index contributed by atoms with van der Waals surface area (Å²) in [6.07, 6.45) is 101.